The summed E-state index contributed by atoms with van der Waals surface area (Å²) in [6.45, 7) is 6.11. The summed E-state index contributed by atoms with van der Waals surface area (Å²) in [7, 11) is 0. The Morgan fingerprint density at radius 3 is 2.56 bits per heavy atom. The van der Waals surface area contributed by atoms with Gasteiger partial charge in [0.25, 0.3) is 5.91 Å². The summed E-state index contributed by atoms with van der Waals surface area (Å²) in [6, 6.07) is 5.63. The molecule has 0 aliphatic carbocycles. The zero-order chi connectivity index (χ0) is 13.7. The van der Waals surface area contributed by atoms with E-state index in [0.717, 1.165) is 10.0 Å². The van der Waals surface area contributed by atoms with E-state index in [1.165, 1.54) is 0 Å². The molecular weight excluding hydrogens is 294 g/mol. The number of carbonyl (C=O) groups is 1. The molecule has 0 aliphatic rings. The second-order valence-corrected chi connectivity index (χ2v) is 5.77. The molecule has 2 N–H and O–H groups in total. The zero-order valence-corrected chi connectivity index (χ0v) is 12.6. The van der Waals surface area contributed by atoms with Gasteiger partial charge in [-0.2, -0.15) is 0 Å². The molecule has 3 nitrogen and oxygen atoms in total. The highest BCUT2D eigenvalue weighted by Crippen LogP contribution is 2.16. The Kier molecular flexibility index (Phi) is 5.82. The number of benzene rings is 1. The number of hydrogen-bond donors (Lipinski definition) is 2. The first-order valence-corrected chi connectivity index (χ1v) is 6.92. The van der Waals surface area contributed by atoms with Crippen LogP contribution in [0.3, 0.4) is 0 Å². The average molecular weight is 314 g/mol. The van der Waals surface area contributed by atoms with Crippen LogP contribution < -0.4 is 5.32 Å². The van der Waals surface area contributed by atoms with Crippen LogP contribution in [0.1, 0.15) is 36.2 Å². The van der Waals surface area contributed by atoms with E-state index in [1.54, 1.807) is 6.07 Å². The van der Waals surface area contributed by atoms with Gasteiger partial charge in [0.2, 0.25) is 0 Å². The third-order valence-electron chi connectivity index (χ3n) is 2.87. The van der Waals surface area contributed by atoms with Crippen molar-refractivity contribution in [1.82, 2.24) is 5.32 Å². The summed E-state index contributed by atoms with van der Waals surface area (Å²) in [6.07, 6.45) is 0.580. The van der Waals surface area contributed by atoms with Crippen molar-refractivity contribution < 1.29 is 9.90 Å². The first kappa shape index (κ1) is 15.2. The number of aliphatic hydroxyl groups excluding tert-OH is 1. The van der Waals surface area contributed by atoms with Crippen LogP contribution in [0.5, 0.6) is 0 Å². The van der Waals surface area contributed by atoms with E-state index in [4.69, 9.17) is 5.11 Å². The Balaban J connectivity index is 2.80. The van der Waals surface area contributed by atoms with Crippen LogP contribution >= 0.6 is 15.9 Å². The van der Waals surface area contributed by atoms with Crippen LogP contribution in [-0.4, -0.2) is 23.7 Å². The quantitative estimate of drug-likeness (QED) is 0.878. The van der Waals surface area contributed by atoms with Crippen molar-refractivity contribution in [1.29, 1.82) is 0 Å². The molecule has 0 saturated carbocycles. The highest BCUT2D eigenvalue weighted by Gasteiger charge is 2.16. The molecule has 1 amide bonds. The third-order valence-corrected chi connectivity index (χ3v) is 3.32. The van der Waals surface area contributed by atoms with E-state index in [2.05, 4.69) is 21.2 Å². The van der Waals surface area contributed by atoms with Crippen LogP contribution in [0.25, 0.3) is 0 Å². The molecule has 100 valence electrons. The third kappa shape index (κ3) is 4.42. The van der Waals surface area contributed by atoms with Gasteiger partial charge in [0.15, 0.2) is 0 Å². The molecule has 0 radical (unpaired) electrons. The fourth-order valence-electron chi connectivity index (χ4n) is 1.83. The summed E-state index contributed by atoms with van der Waals surface area (Å²) in [4.78, 5) is 12.1. The van der Waals surface area contributed by atoms with Gasteiger partial charge >= 0.3 is 0 Å². The van der Waals surface area contributed by atoms with Gasteiger partial charge < -0.3 is 10.4 Å². The SMILES string of the molecule is Cc1cc(Br)cc(C(=O)NC(CCO)C(C)C)c1. The molecule has 1 unspecified atom stereocenters. The van der Waals surface area contributed by atoms with Gasteiger partial charge in [-0.05, 0) is 43.0 Å². The Morgan fingerprint density at radius 2 is 2.06 bits per heavy atom. The zero-order valence-electron chi connectivity index (χ0n) is 11.0. The maximum Gasteiger partial charge on any atom is 0.251 e. The summed E-state index contributed by atoms with van der Waals surface area (Å²) in [5, 5.41) is 12.0. The molecule has 18 heavy (non-hydrogen) atoms. The van der Waals surface area contributed by atoms with Crippen molar-refractivity contribution in [3.63, 3.8) is 0 Å². The van der Waals surface area contributed by atoms with Gasteiger partial charge in [-0.25, -0.2) is 0 Å². The minimum absolute atomic E-state index is 0.00166. The molecule has 0 fully saturated rings. The van der Waals surface area contributed by atoms with Crippen LogP contribution in [-0.2, 0) is 0 Å². The molecule has 0 heterocycles. The van der Waals surface area contributed by atoms with Crippen molar-refractivity contribution in [2.24, 2.45) is 5.92 Å². The largest absolute Gasteiger partial charge is 0.396 e. The van der Waals surface area contributed by atoms with Gasteiger partial charge in [-0.3, -0.25) is 4.79 Å². The Hall–Kier alpha value is -0.870. The molecule has 0 bridgehead atoms. The van der Waals surface area contributed by atoms with Crippen molar-refractivity contribution in [3.05, 3.63) is 33.8 Å². The first-order chi connectivity index (χ1) is 8.43. The highest BCUT2D eigenvalue weighted by molar-refractivity contribution is 9.10. The van der Waals surface area contributed by atoms with Gasteiger partial charge in [0.05, 0.1) is 0 Å². The van der Waals surface area contributed by atoms with Crippen molar-refractivity contribution in [3.8, 4) is 0 Å². The second-order valence-electron chi connectivity index (χ2n) is 4.85. The molecule has 0 spiro atoms. The molecule has 4 heteroatoms. The van der Waals surface area contributed by atoms with E-state index in [1.807, 2.05) is 32.9 Å². The molecule has 0 aliphatic heterocycles. The number of hydrogen-bond acceptors (Lipinski definition) is 2. The van der Waals surface area contributed by atoms with Crippen LogP contribution in [0.2, 0.25) is 0 Å². The molecule has 1 rings (SSSR count). The number of aliphatic hydroxyl groups is 1. The van der Waals surface area contributed by atoms with E-state index in [0.29, 0.717) is 17.9 Å². The van der Waals surface area contributed by atoms with E-state index in [9.17, 15) is 4.79 Å². The van der Waals surface area contributed by atoms with Gasteiger partial charge in [-0.15, -0.1) is 0 Å². The Morgan fingerprint density at radius 1 is 1.39 bits per heavy atom. The monoisotopic (exact) mass is 313 g/mol. The predicted molar refractivity (Wildman–Crippen MR) is 76.7 cm³/mol. The molecular formula is C14H20BrNO2. The first-order valence-electron chi connectivity index (χ1n) is 6.13. The molecule has 0 saturated heterocycles. The number of carbonyl (C=O) groups excluding carboxylic acids is 1. The lowest BCUT2D eigenvalue weighted by atomic mass is 10.0. The lowest BCUT2D eigenvalue weighted by Crippen LogP contribution is -2.39. The average Bonchev–Trinajstić information content (AvgIpc) is 2.26. The van der Waals surface area contributed by atoms with Crippen LogP contribution in [0.4, 0.5) is 0 Å². The van der Waals surface area contributed by atoms with Gasteiger partial charge in [-0.1, -0.05) is 29.8 Å². The van der Waals surface area contributed by atoms with E-state index >= 15 is 0 Å². The smallest absolute Gasteiger partial charge is 0.251 e. The van der Waals surface area contributed by atoms with Crippen LogP contribution in [0.15, 0.2) is 22.7 Å². The Labute approximate surface area is 117 Å². The fraction of sp³-hybridized carbons (Fsp3) is 0.500. The minimum Gasteiger partial charge on any atom is -0.396 e. The maximum atomic E-state index is 12.1. The number of aryl methyl sites for hydroxylation is 1. The van der Waals surface area contributed by atoms with Crippen molar-refractivity contribution in [2.45, 2.75) is 33.2 Å². The van der Waals surface area contributed by atoms with Crippen molar-refractivity contribution >= 4 is 21.8 Å². The van der Waals surface area contributed by atoms with Crippen LogP contribution in [0, 0.1) is 12.8 Å². The number of nitrogens with one attached hydrogen (secondary N) is 1. The summed E-state index contributed by atoms with van der Waals surface area (Å²) in [5.41, 5.74) is 1.68. The standard InChI is InChI=1S/C14H20BrNO2/c1-9(2)13(4-5-17)16-14(18)11-6-10(3)7-12(15)8-11/h6-9,13,17H,4-5H2,1-3H3,(H,16,18). The second kappa shape index (κ2) is 6.90. The lowest BCUT2D eigenvalue weighted by molar-refractivity contribution is 0.0916. The fourth-order valence-corrected chi connectivity index (χ4v) is 2.44. The van der Waals surface area contributed by atoms with Gasteiger partial charge in [0.1, 0.15) is 0 Å². The van der Waals surface area contributed by atoms with E-state index < -0.39 is 0 Å². The topological polar surface area (TPSA) is 49.3 Å². The predicted octanol–water partition coefficient (Wildman–Crippen LogP) is 2.89. The number of halogens is 1. The summed E-state index contributed by atoms with van der Waals surface area (Å²) in [5.74, 6) is 0.209. The van der Waals surface area contributed by atoms with E-state index in [-0.39, 0.29) is 18.6 Å². The minimum atomic E-state index is -0.0912. The number of amides is 1. The maximum absolute atomic E-state index is 12.1. The number of rotatable bonds is 5. The molecule has 1 aromatic carbocycles. The summed E-state index contributed by atoms with van der Waals surface area (Å²) >= 11 is 3.39. The highest BCUT2D eigenvalue weighted by atomic mass is 79.9. The molecule has 1 aromatic rings. The lowest BCUT2D eigenvalue weighted by Gasteiger charge is -2.21. The summed E-state index contributed by atoms with van der Waals surface area (Å²) < 4.78 is 0.899. The Bertz CT molecular complexity index is 398. The molecule has 0 aromatic heterocycles. The van der Waals surface area contributed by atoms with Crippen molar-refractivity contribution in [2.75, 3.05) is 6.61 Å². The normalized spacial score (nSPS) is 12.6. The molecule has 1 atom stereocenters. The van der Waals surface area contributed by atoms with Gasteiger partial charge in [0, 0.05) is 22.7 Å².